The minimum Gasteiger partial charge on any atom is -0.444 e. The zero-order valence-corrected chi connectivity index (χ0v) is 19.0. The van der Waals surface area contributed by atoms with Crippen molar-refractivity contribution in [2.24, 2.45) is 0 Å². The maximum Gasteiger partial charge on any atom is 0.411 e. The number of para-hydroxylation sites is 2. The average Bonchev–Trinajstić information content (AvgIpc) is 3.21. The maximum atomic E-state index is 14.2. The number of benzene rings is 2. The van der Waals surface area contributed by atoms with E-state index in [0.717, 1.165) is 17.1 Å². The minimum atomic E-state index is -0.717. The monoisotopic (exact) mass is 468 g/mol. The summed E-state index contributed by atoms with van der Waals surface area (Å²) in [4.78, 5) is 33.0. The Hall–Kier alpha value is -3.79. The van der Waals surface area contributed by atoms with Crippen LogP contribution in [0.1, 0.15) is 38.2 Å². The van der Waals surface area contributed by atoms with Gasteiger partial charge < -0.3 is 14.5 Å². The van der Waals surface area contributed by atoms with E-state index >= 15 is 0 Å². The van der Waals surface area contributed by atoms with Gasteiger partial charge in [-0.1, -0.05) is 24.3 Å². The van der Waals surface area contributed by atoms with Crippen LogP contribution in [0, 0.1) is 15.9 Å². The van der Waals surface area contributed by atoms with Crippen molar-refractivity contribution in [2.75, 3.05) is 13.2 Å². The largest absolute Gasteiger partial charge is 0.444 e. The molecule has 10 heteroatoms. The molecule has 2 heterocycles. The minimum absolute atomic E-state index is 0.0926. The van der Waals surface area contributed by atoms with Crippen molar-refractivity contribution in [3.05, 3.63) is 75.9 Å². The molecule has 1 aliphatic rings. The number of aromatic nitrogens is 2. The lowest BCUT2D eigenvalue weighted by atomic mass is 10.1. The Balaban J connectivity index is 1.61. The van der Waals surface area contributed by atoms with Crippen LogP contribution >= 0.6 is 0 Å². The first-order valence-electron chi connectivity index (χ1n) is 10.8. The molecule has 2 atom stereocenters. The molecule has 1 aromatic heterocycles. The van der Waals surface area contributed by atoms with Crippen LogP contribution in [0.5, 0.6) is 0 Å². The van der Waals surface area contributed by atoms with Crippen LogP contribution in [0.2, 0.25) is 0 Å². The number of hydrogen-bond donors (Lipinski definition) is 1. The second kappa shape index (κ2) is 9.22. The Labute approximate surface area is 195 Å². The van der Waals surface area contributed by atoms with Gasteiger partial charge in [0.1, 0.15) is 23.3 Å². The molecule has 0 bridgehead atoms. The highest BCUT2D eigenvalue weighted by Gasteiger charge is 2.37. The van der Waals surface area contributed by atoms with Crippen LogP contribution in [-0.2, 0) is 9.47 Å². The van der Waals surface area contributed by atoms with Crippen molar-refractivity contribution in [3.8, 4) is 0 Å². The highest BCUT2D eigenvalue weighted by molar-refractivity contribution is 5.75. The van der Waals surface area contributed by atoms with Gasteiger partial charge in [-0.2, -0.15) is 0 Å². The number of fused-ring (bicyclic) bond motifs is 1. The number of rotatable bonds is 4. The van der Waals surface area contributed by atoms with Crippen molar-refractivity contribution in [3.63, 3.8) is 0 Å². The van der Waals surface area contributed by atoms with Crippen LogP contribution < -0.4 is 0 Å². The summed E-state index contributed by atoms with van der Waals surface area (Å²) in [7, 11) is 0. The number of ether oxygens (including phenoxy) is 2. The zero-order chi connectivity index (χ0) is 24.5. The molecule has 0 radical (unpaired) electrons. The van der Waals surface area contributed by atoms with Gasteiger partial charge in [0.25, 0.3) is 5.69 Å². The first-order valence-corrected chi connectivity index (χ1v) is 10.8. The summed E-state index contributed by atoms with van der Waals surface area (Å²) in [5.74, 6) is -0.162. The van der Waals surface area contributed by atoms with Crippen LogP contribution in [-0.4, -0.2) is 50.7 Å². The van der Waals surface area contributed by atoms with Gasteiger partial charge in [0, 0.05) is 6.07 Å². The number of aromatic amines is 1. The second-order valence-electron chi connectivity index (χ2n) is 8.95. The summed E-state index contributed by atoms with van der Waals surface area (Å²) in [5.41, 5.74) is 0.369. The predicted octanol–water partition coefficient (Wildman–Crippen LogP) is 5.00. The molecule has 1 aliphatic heterocycles. The molecule has 178 valence electrons. The van der Waals surface area contributed by atoms with Crippen molar-refractivity contribution in [1.82, 2.24) is 14.9 Å². The molecule has 1 fully saturated rings. The Bertz CT molecular complexity index is 1220. The smallest absolute Gasteiger partial charge is 0.411 e. The van der Waals surface area contributed by atoms with Gasteiger partial charge in [0.2, 0.25) is 0 Å². The number of carbonyl (C=O) groups excluding carboxylic acids is 1. The Morgan fingerprint density at radius 3 is 2.76 bits per heavy atom. The number of amides is 1. The van der Waals surface area contributed by atoms with Crippen LogP contribution in [0.15, 0.2) is 48.5 Å². The van der Waals surface area contributed by atoms with E-state index in [1.807, 2.05) is 24.3 Å². The molecular formula is C24H25FN4O5. The number of nitro benzene ring substituents is 1. The van der Waals surface area contributed by atoms with E-state index in [1.165, 1.54) is 29.2 Å². The highest BCUT2D eigenvalue weighted by atomic mass is 19.1. The van der Waals surface area contributed by atoms with Gasteiger partial charge >= 0.3 is 6.09 Å². The van der Waals surface area contributed by atoms with E-state index < -0.39 is 34.6 Å². The fraction of sp³-hybridized carbons (Fsp3) is 0.333. The fourth-order valence-electron chi connectivity index (χ4n) is 3.73. The van der Waals surface area contributed by atoms with Gasteiger partial charge in [-0.3, -0.25) is 15.0 Å². The van der Waals surface area contributed by atoms with Crippen molar-refractivity contribution in [1.29, 1.82) is 0 Å². The summed E-state index contributed by atoms with van der Waals surface area (Å²) < 4.78 is 25.8. The number of H-pyrrole nitrogens is 1. The maximum absolute atomic E-state index is 14.2. The number of imidazole rings is 1. The van der Waals surface area contributed by atoms with Crippen LogP contribution in [0.3, 0.4) is 0 Å². The lowest BCUT2D eigenvalue weighted by Gasteiger charge is -2.38. The molecule has 9 nitrogen and oxygen atoms in total. The number of nitrogens with one attached hydrogen (secondary N) is 1. The first-order chi connectivity index (χ1) is 16.1. The van der Waals surface area contributed by atoms with E-state index in [0.29, 0.717) is 5.82 Å². The lowest BCUT2D eigenvalue weighted by molar-refractivity contribution is -0.385. The lowest BCUT2D eigenvalue weighted by Crippen LogP contribution is -2.49. The molecule has 1 saturated heterocycles. The van der Waals surface area contributed by atoms with Gasteiger partial charge in [0.05, 0.1) is 40.8 Å². The van der Waals surface area contributed by atoms with E-state index in [-0.39, 0.29) is 24.4 Å². The molecule has 2 aromatic carbocycles. The predicted molar refractivity (Wildman–Crippen MR) is 124 cm³/mol. The van der Waals surface area contributed by atoms with Gasteiger partial charge in [-0.25, -0.2) is 14.2 Å². The molecular weight excluding hydrogens is 443 g/mol. The van der Waals surface area contributed by atoms with Crippen molar-refractivity contribution < 1.29 is 23.6 Å². The number of carbonyl (C=O) groups is 1. The molecule has 1 N–H and O–H groups in total. The van der Waals surface area contributed by atoms with Crippen LogP contribution in [0.25, 0.3) is 17.1 Å². The fourth-order valence-corrected chi connectivity index (χ4v) is 3.73. The molecule has 3 aromatic rings. The summed E-state index contributed by atoms with van der Waals surface area (Å²) in [6.45, 7) is 5.52. The molecule has 1 amide bonds. The van der Waals surface area contributed by atoms with Gasteiger partial charge in [-0.15, -0.1) is 0 Å². The molecule has 34 heavy (non-hydrogen) atoms. The zero-order valence-electron chi connectivity index (χ0n) is 19.0. The molecule has 0 unspecified atom stereocenters. The van der Waals surface area contributed by atoms with E-state index in [9.17, 15) is 19.3 Å². The molecule has 0 spiro atoms. The number of hydrogen-bond acceptors (Lipinski definition) is 6. The van der Waals surface area contributed by atoms with Gasteiger partial charge in [-0.05, 0) is 45.0 Å². The third-order valence-electron chi connectivity index (χ3n) is 5.28. The highest BCUT2D eigenvalue weighted by Crippen LogP contribution is 2.29. The number of nitrogens with zero attached hydrogens (tertiary/aromatic N) is 3. The van der Waals surface area contributed by atoms with Crippen LogP contribution in [0.4, 0.5) is 14.9 Å². The molecule has 0 saturated carbocycles. The molecule has 4 rings (SSSR count). The van der Waals surface area contributed by atoms with Crippen molar-refractivity contribution >= 4 is 28.9 Å². The summed E-state index contributed by atoms with van der Waals surface area (Å²) >= 11 is 0. The standard InChI is InChI=1S/C24H25FN4O5/c1-24(2,3)34-23(30)28-13-15(11-12-16-17(25)7-6-10-20(16)29(31)32)33-14-21(28)22-26-18-8-4-5-9-19(18)27-22/h4-12,15,21H,13-14H2,1-3H3,(H,26,27)/b12-11+/t15-,21+/m1/s1. The Kier molecular flexibility index (Phi) is 6.34. The summed E-state index contributed by atoms with van der Waals surface area (Å²) in [5, 5.41) is 11.3. The first kappa shape index (κ1) is 23.4. The van der Waals surface area contributed by atoms with E-state index in [2.05, 4.69) is 9.97 Å². The topological polar surface area (TPSA) is 111 Å². The number of nitro groups is 1. The second-order valence-corrected chi connectivity index (χ2v) is 8.95. The molecule has 0 aliphatic carbocycles. The van der Waals surface area contributed by atoms with E-state index in [1.54, 1.807) is 20.8 Å². The average molecular weight is 468 g/mol. The normalized spacial score (nSPS) is 19.0. The Morgan fingerprint density at radius 2 is 2.06 bits per heavy atom. The summed E-state index contributed by atoms with van der Waals surface area (Å²) in [6, 6.07) is 10.6. The third kappa shape index (κ3) is 5.07. The Morgan fingerprint density at radius 1 is 1.29 bits per heavy atom. The number of morpholine rings is 1. The number of halogens is 1. The van der Waals surface area contributed by atoms with Crippen molar-refractivity contribution in [2.45, 2.75) is 38.5 Å². The third-order valence-corrected chi connectivity index (χ3v) is 5.28. The van der Waals surface area contributed by atoms with Gasteiger partial charge in [0.15, 0.2) is 0 Å². The quantitative estimate of drug-likeness (QED) is 0.426. The van der Waals surface area contributed by atoms with E-state index in [4.69, 9.17) is 9.47 Å². The SMILES string of the molecule is CC(C)(C)OC(=O)N1C[C@@H](/C=C/c2c(F)cccc2[N+](=O)[O-])OC[C@H]1c1nc2ccccc2[nH]1. The summed E-state index contributed by atoms with van der Waals surface area (Å²) in [6.07, 6.45) is 1.65.